The van der Waals surface area contributed by atoms with Crippen molar-refractivity contribution in [3.63, 3.8) is 0 Å². The second-order valence-corrected chi connectivity index (χ2v) is 10.4. The molecule has 0 aromatic rings. The van der Waals surface area contributed by atoms with E-state index in [0.717, 1.165) is 18.9 Å². The highest BCUT2D eigenvalue weighted by atomic mass is 16.5. The van der Waals surface area contributed by atoms with E-state index in [1.807, 2.05) is 0 Å². The summed E-state index contributed by atoms with van der Waals surface area (Å²) in [6, 6.07) is 0. The smallest absolute Gasteiger partial charge is 0.334 e. The number of amides is 2. The van der Waals surface area contributed by atoms with E-state index in [1.165, 1.54) is 27.4 Å². The number of hydrogen-bond donors (Lipinski definition) is 2. The third-order valence-electron chi connectivity index (χ3n) is 4.52. The zero-order chi connectivity index (χ0) is 28.5. The lowest BCUT2D eigenvalue weighted by Gasteiger charge is -2.17. The Morgan fingerprint density at radius 1 is 0.667 bits per heavy atom. The number of carbonyl (C=O) groups is 5. The van der Waals surface area contributed by atoms with Crippen molar-refractivity contribution >= 4 is 29.7 Å². The van der Waals surface area contributed by atoms with Crippen LogP contribution in [-0.2, 0) is 38.2 Å². The minimum Gasteiger partial charge on any atom is -0.469 e. The number of ether oxygens (including phenoxy) is 3. The van der Waals surface area contributed by atoms with E-state index in [4.69, 9.17) is 0 Å². The maximum Gasteiger partial charge on any atom is 0.334 e. The Kier molecular flexibility index (Phi) is 16.8. The lowest BCUT2D eigenvalue weighted by molar-refractivity contribution is -0.143. The van der Waals surface area contributed by atoms with Crippen LogP contribution in [0.5, 0.6) is 0 Å². The molecule has 0 aromatic heterocycles. The van der Waals surface area contributed by atoms with E-state index in [-0.39, 0.29) is 28.7 Å². The molecule has 0 aliphatic rings. The highest BCUT2D eigenvalue weighted by Gasteiger charge is 2.17. The molecule has 0 aromatic carbocycles. The molecule has 0 bridgehead atoms. The minimum atomic E-state index is -0.721. The zero-order valence-electron chi connectivity index (χ0n) is 23.5. The fourth-order valence-corrected chi connectivity index (χ4v) is 2.34. The van der Waals surface area contributed by atoms with Crippen LogP contribution in [0.4, 0.5) is 0 Å². The van der Waals surface area contributed by atoms with Crippen molar-refractivity contribution in [1.82, 2.24) is 10.6 Å². The van der Waals surface area contributed by atoms with E-state index in [2.05, 4.69) is 66.4 Å². The van der Waals surface area contributed by atoms with Crippen molar-refractivity contribution in [3.8, 4) is 0 Å². The average Bonchev–Trinajstić information content (AvgIpc) is 2.75. The van der Waals surface area contributed by atoms with Gasteiger partial charge in [0, 0.05) is 30.8 Å². The van der Waals surface area contributed by atoms with Gasteiger partial charge in [-0.3, -0.25) is 14.4 Å². The van der Waals surface area contributed by atoms with Gasteiger partial charge in [-0.2, -0.15) is 0 Å². The molecule has 0 atom stereocenters. The molecule has 36 heavy (non-hydrogen) atoms. The Labute approximate surface area is 215 Å². The first-order chi connectivity index (χ1) is 16.4. The number of nitrogens with one attached hydrogen (secondary N) is 2. The second kappa shape index (κ2) is 17.3. The highest BCUT2D eigenvalue weighted by Crippen LogP contribution is 2.17. The summed E-state index contributed by atoms with van der Waals surface area (Å²) < 4.78 is 13.5. The first-order valence-corrected chi connectivity index (χ1v) is 11.6. The Morgan fingerprint density at radius 3 is 1.44 bits per heavy atom. The molecule has 0 radical (unpaired) electrons. The summed E-state index contributed by atoms with van der Waals surface area (Å²) >= 11 is 0. The van der Waals surface area contributed by atoms with E-state index < -0.39 is 23.8 Å². The SMILES string of the molecule is COC(=O)/C(C)=C\C(=O)NCCC(C)(C)C.COC(=O)C/C(=C/C(=O)NCCC(C)(C)C)C(=O)OC. The Hall–Kier alpha value is -3.17. The molecule has 0 spiro atoms. The maximum absolute atomic E-state index is 11.7. The van der Waals surface area contributed by atoms with Crippen LogP contribution in [0.2, 0.25) is 0 Å². The van der Waals surface area contributed by atoms with Gasteiger partial charge in [0.1, 0.15) is 0 Å². The number of carbonyl (C=O) groups excluding carboxylic acids is 5. The van der Waals surface area contributed by atoms with Crippen molar-refractivity contribution in [2.75, 3.05) is 34.4 Å². The van der Waals surface area contributed by atoms with Crippen molar-refractivity contribution in [2.45, 2.75) is 67.7 Å². The first-order valence-electron chi connectivity index (χ1n) is 11.6. The van der Waals surface area contributed by atoms with Crippen LogP contribution in [0.1, 0.15) is 67.7 Å². The molecular weight excluding hydrogens is 468 g/mol. The van der Waals surface area contributed by atoms with E-state index in [1.54, 1.807) is 6.92 Å². The summed E-state index contributed by atoms with van der Waals surface area (Å²) in [6.45, 7) is 15.1. The van der Waals surface area contributed by atoms with Gasteiger partial charge in [0.15, 0.2) is 0 Å². The molecule has 0 fully saturated rings. The monoisotopic (exact) mass is 512 g/mol. The normalized spacial score (nSPS) is 11.9. The van der Waals surface area contributed by atoms with Gasteiger partial charge in [-0.1, -0.05) is 41.5 Å². The fraction of sp³-hybridized carbons (Fsp3) is 0.654. The number of esters is 3. The van der Waals surface area contributed by atoms with Gasteiger partial charge in [-0.05, 0) is 30.6 Å². The summed E-state index contributed by atoms with van der Waals surface area (Å²) in [7, 11) is 3.68. The predicted octanol–water partition coefficient (Wildman–Crippen LogP) is 2.86. The van der Waals surface area contributed by atoms with Crippen LogP contribution in [0.3, 0.4) is 0 Å². The summed E-state index contributed by atoms with van der Waals surface area (Å²) in [5.74, 6) is -2.50. The molecule has 0 saturated carbocycles. The van der Waals surface area contributed by atoms with Crippen LogP contribution in [0.15, 0.2) is 23.3 Å². The first kappa shape index (κ1) is 35.0. The summed E-state index contributed by atoms with van der Waals surface area (Å²) in [4.78, 5) is 56.7. The largest absolute Gasteiger partial charge is 0.469 e. The van der Waals surface area contributed by atoms with Crippen molar-refractivity contribution in [1.29, 1.82) is 0 Å². The lowest BCUT2D eigenvalue weighted by Crippen LogP contribution is -2.26. The van der Waals surface area contributed by atoms with Gasteiger partial charge < -0.3 is 24.8 Å². The summed E-state index contributed by atoms with van der Waals surface area (Å²) in [6.07, 6.45) is 3.73. The number of methoxy groups -OCH3 is 3. The lowest BCUT2D eigenvalue weighted by atomic mass is 9.92. The molecule has 0 aliphatic carbocycles. The molecule has 10 nitrogen and oxygen atoms in total. The Bertz CT molecular complexity index is 815. The molecule has 2 amide bonds. The van der Waals surface area contributed by atoms with Crippen LogP contribution in [-0.4, -0.2) is 64.1 Å². The quantitative estimate of drug-likeness (QED) is 0.259. The van der Waals surface area contributed by atoms with Gasteiger partial charge in [0.25, 0.3) is 0 Å². The van der Waals surface area contributed by atoms with E-state index in [0.29, 0.717) is 18.7 Å². The molecule has 206 valence electrons. The second-order valence-electron chi connectivity index (χ2n) is 10.4. The van der Waals surface area contributed by atoms with E-state index >= 15 is 0 Å². The van der Waals surface area contributed by atoms with Gasteiger partial charge in [0.2, 0.25) is 11.8 Å². The third kappa shape index (κ3) is 20.2. The van der Waals surface area contributed by atoms with E-state index in [9.17, 15) is 24.0 Å². The fourth-order valence-electron chi connectivity index (χ4n) is 2.34. The molecule has 0 rings (SSSR count). The van der Waals surface area contributed by atoms with Crippen molar-refractivity contribution in [3.05, 3.63) is 23.3 Å². The van der Waals surface area contributed by atoms with Crippen molar-refractivity contribution < 1.29 is 38.2 Å². The minimum absolute atomic E-state index is 0.0346. The molecule has 2 N–H and O–H groups in total. The average molecular weight is 513 g/mol. The Morgan fingerprint density at radius 2 is 1.08 bits per heavy atom. The predicted molar refractivity (Wildman–Crippen MR) is 137 cm³/mol. The Balaban J connectivity index is 0. The summed E-state index contributed by atoms with van der Waals surface area (Å²) in [5.41, 5.74) is 0.561. The molecule has 0 unspecified atom stereocenters. The maximum atomic E-state index is 11.7. The van der Waals surface area contributed by atoms with Gasteiger partial charge in [0.05, 0.1) is 33.3 Å². The van der Waals surface area contributed by atoms with Crippen LogP contribution >= 0.6 is 0 Å². The zero-order valence-corrected chi connectivity index (χ0v) is 23.5. The van der Waals surface area contributed by atoms with Gasteiger partial charge in [-0.25, -0.2) is 9.59 Å². The topological polar surface area (TPSA) is 137 Å². The van der Waals surface area contributed by atoms with Gasteiger partial charge >= 0.3 is 17.9 Å². The molecule has 0 aliphatic heterocycles. The van der Waals surface area contributed by atoms with Gasteiger partial charge in [-0.15, -0.1) is 0 Å². The standard InChI is InChI=1S/C14H23NO5.C12H21NO3/c1-14(2,3)6-7-15-11(16)8-10(13(18)20-5)9-12(17)19-4;1-9(11(15)16-5)8-10(14)13-7-6-12(2,3)4/h8H,6-7,9H2,1-5H3,(H,15,16);8H,6-7H2,1-5H3,(H,13,14)/b10-8-;9-8-. The van der Waals surface area contributed by atoms with Crippen LogP contribution in [0, 0.1) is 10.8 Å². The molecular formula is C26H44N2O8. The van der Waals surface area contributed by atoms with Crippen LogP contribution < -0.4 is 10.6 Å². The third-order valence-corrected chi connectivity index (χ3v) is 4.52. The van der Waals surface area contributed by atoms with Crippen molar-refractivity contribution in [2.24, 2.45) is 10.8 Å². The number of rotatable bonds is 10. The molecule has 0 heterocycles. The molecule has 0 saturated heterocycles. The number of hydrogen-bond acceptors (Lipinski definition) is 8. The molecule has 10 heteroatoms. The highest BCUT2D eigenvalue weighted by molar-refractivity contribution is 6.01. The van der Waals surface area contributed by atoms with Crippen LogP contribution in [0.25, 0.3) is 0 Å². The summed E-state index contributed by atoms with van der Waals surface area (Å²) in [5, 5.41) is 5.39.